The smallest absolute Gasteiger partial charge is 0.274 e. The van der Waals surface area contributed by atoms with E-state index in [0.29, 0.717) is 11.3 Å². The van der Waals surface area contributed by atoms with Crippen LogP contribution in [-0.2, 0) is 6.42 Å². The van der Waals surface area contributed by atoms with Gasteiger partial charge in [-0.1, -0.05) is 34.1 Å². The zero-order chi connectivity index (χ0) is 20.5. The third-order valence-electron chi connectivity index (χ3n) is 4.80. The summed E-state index contributed by atoms with van der Waals surface area (Å²) < 4.78 is 14.8. The second-order valence-electron chi connectivity index (χ2n) is 6.62. The Hall–Kier alpha value is -3.19. The topological polar surface area (TPSA) is 76.1 Å². The summed E-state index contributed by atoms with van der Waals surface area (Å²) in [5.74, 6) is -3.08. The fourth-order valence-corrected chi connectivity index (χ4v) is 3.81. The zero-order valence-electron chi connectivity index (χ0n) is 15.0. The fourth-order valence-electron chi connectivity index (χ4n) is 3.40. The summed E-state index contributed by atoms with van der Waals surface area (Å²) in [7, 11) is 0. The van der Waals surface area contributed by atoms with Gasteiger partial charge in [-0.2, -0.15) is 0 Å². The number of amides is 1. The Labute approximate surface area is 174 Å². The minimum atomic E-state index is -1.03. The SMILES string of the molecule is O=C(Nc1ccc(Br)cc1CC1C(=O)c2cccc(F)c2C1=O)c1ccccn1. The van der Waals surface area contributed by atoms with Crippen LogP contribution in [-0.4, -0.2) is 22.5 Å². The van der Waals surface area contributed by atoms with Gasteiger partial charge in [0.05, 0.1) is 11.5 Å². The van der Waals surface area contributed by atoms with Crippen molar-refractivity contribution >= 4 is 39.1 Å². The van der Waals surface area contributed by atoms with E-state index in [4.69, 9.17) is 0 Å². The summed E-state index contributed by atoms with van der Waals surface area (Å²) in [6.45, 7) is 0. The second-order valence-corrected chi connectivity index (χ2v) is 7.53. The molecule has 1 heterocycles. The van der Waals surface area contributed by atoms with Gasteiger partial charge in [-0.25, -0.2) is 4.39 Å². The molecule has 1 amide bonds. The van der Waals surface area contributed by atoms with Gasteiger partial charge >= 0.3 is 0 Å². The maximum absolute atomic E-state index is 14.1. The van der Waals surface area contributed by atoms with E-state index in [-0.39, 0.29) is 23.2 Å². The second kappa shape index (κ2) is 7.67. The van der Waals surface area contributed by atoms with Crippen molar-refractivity contribution in [2.75, 3.05) is 5.32 Å². The first-order valence-corrected chi connectivity index (χ1v) is 9.63. The Kier molecular flexibility index (Phi) is 5.07. The van der Waals surface area contributed by atoms with Gasteiger partial charge in [-0.15, -0.1) is 0 Å². The lowest BCUT2D eigenvalue weighted by Crippen LogP contribution is -2.20. The van der Waals surface area contributed by atoms with E-state index in [0.717, 1.165) is 4.47 Å². The maximum atomic E-state index is 14.1. The van der Waals surface area contributed by atoms with Crippen LogP contribution >= 0.6 is 15.9 Å². The minimum absolute atomic E-state index is 0.0447. The number of rotatable bonds is 4. The average Bonchev–Trinajstić information content (AvgIpc) is 2.96. The van der Waals surface area contributed by atoms with E-state index in [1.807, 2.05) is 0 Å². The van der Waals surface area contributed by atoms with Gasteiger partial charge < -0.3 is 5.32 Å². The van der Waals surface area contributed by atoms with Gasteiger partial charge in [-0.05, 0) is 48.4 Å². The van der Waals surface area contributed by atoms with Crippen LogP contribution in [0.3, 0.4) is 0 Å². The molecule has 1 N–H and O–H groups in total. The van der Waals surface area contributed by atoms with Gasteiger partial charge in [0.2, 0.25) is 0 Å². The first-order valence-electron chi connectivity index (χ1n) is 8.83. The highest BCUT2D eigenvalue weighted by Gasteiger charge is 2.40. The van der Waals surface area contributed by atoms with Crippen molar-refractivity contribution in [1.29, 1.82) is 0 Å². The highest BCUT2D eigenvalue weighted by molar-refractivity contribution is 9.10. The molecule has 7 heteroatoms. The molecule has 0 fully saturated rings. The predicted octanol–water partition coefficient (Wildman–Crippen LogP) is 4.47. The molecule has 0 saturated heterocycles. The third-order valence-corrected chi connectivity index (χ3v) is 5.29. The number of nitrogens with zero attached hydrogens (tertiary/aromatic N) is 1. The van der Waals surface area contributed by atoms with Crippen LogP contribution in [0, 0.1) is 11.7 Å². The molecule has 3 aromatic rings. The van der Waals surface area contributed by atoms with E-state index in [2.05, 4.69) is 26.2 Å². The van der Waals surface area contributed by atoms with Crippen LogP contribution in [0.2, 0.25) is 0 Å². The number of fused-ring (bicyclic) bond motifs is 1. The quantitative estimate of drug-likeness (QED) is 0.592. The predicted molar refractivity (Wildman–Crippen MR) is 109 cm³/mol. The summed E-state index contributed by atoms with van der Waals surface area (Å²) in [4.78, 5) is 41.9. The number of carbonyl (C=O) groups excluding carboxylic acids is 3. The van der Waals surface area contributed by atoms with Gasteiger partial charge in [0.25, 0.3) is 5.91 Å². The molecule has 1 unspecified atom stereocenters. The Balaban J connectivity index is 1.64. The molecule has 0 aliphatic heterocycles. The number of Topliss-reactive ketones (excluding diaryl/α,β-unsaturated/α-hetero) is 2. The highest BCUT2D eigenvalue weighted by Crippen LogP contribution is 2.33. The molecule has 1 atom stereocenters. The molecule has 1 aliphatic rings. The van der Waals surface area contributed by atoms with Crippen molar-refractivity contribution in [3.63, 3.8) is 0 Å². The van der Waals surface area contributed by atoms with Gasteiger partial charge in [0.15, 0.2) is 11.6 Å². The van der Waals surface area contributed by atoms with Gasteiger partial charge in [-0.3, -0.25) is 19.4 Å². The molecule has 1 aliphatic carbocycles. The summed E-state index contributed by atoms with van der Waals surface area (Å²) >= 11 is 3.37. The van der Waals surface area contributed by atoms with Crippen LogP contribution < -0.4 is 5.32 Å². The largest absolute Gasteiger partial charge is 0.320 e. The normalized spacial score (nSPS) is 15.3. The molecular formula is C22H14BrFN2O3. The maximum Gasteiger partial charge on any atom is 0.274 e. The molecule has 4 rings (SSSR count). The number of halogens is 2. The first kappa shape index (κ1) is 19.1. The molecular weight excluding hydrogens is 439 g/mol. The standard InChI is InChI=1S/C22H14BrFN2O3/c23-13-7-8-17(26-22(29)18-6-1-2-9-25-18)12(10-13)11-15-20(27)14-4-3-5-16(24)19(14)21(15)28/h1-10,15H,11H2,(H,26,29). The van der Waals surface area contributed by atoms with Crippen molar-refractivity contribution in [1.82, 2.24) is 4.98 Å². The number of ketones is 2. The minimum Gasteiger partial charge on any atom is -0.320 e. The molecule has 0 saturated carbocycles. The van der Waals surface area contributed by atoms with Gasteiger partial charge in [0, 0.05) is 21.9 Å². The van der Waals surface area contributed by atoms with E-state index in [9.17, 15) is 18.8 Å². The van der Waals surface area contributed by atoms with E-state index < -0.39 is 29.2 Å². The number of aromatic nitrogens is 1. The van der Waals surface area contributed by atoms with Crippen molar-refractivity contribution in [2.45, 2.75) is 6.42 Å². The number of benzene rings is 2. The molecule has 0 spiro atoms. The summed E-state index contributed by atoms with van der Waals surface area (Å²) in [6, 6.07) is 14.2. The number of pyridine rings is 1. The fraction of sp³-hybridized carbons (Fsp3) is 0.0909. The van der Waals surface area contributed by atoms with E-state index in [1.54, 1.807) is 36.4 Å². The van der Waals surface area contributed by atoms with Gasteiger partial charge in [0.1, 0.15) is 11.5 Å². The summed E-state index contributed by atoms with van der Waals surface area (Å²) in [5, 5.41) is 2.77. The lowest BCUT2D eigenvalue weighted by Gasteiger charge is -2.14. The highest BCUT2D eigenvalue weighted by atomic mass is 79.9. The Morgan fingerprint density at radius 3 is 2.62 bits per heavy atom. The van der Waals surface area contributed by atoms with Crippen LogP contribution in [0.1, 0.15) is 36.8 Å². The molecule has 0 bridgehead atoms. The molecule has 2 aromatic carbocycles. The van der Waals surface area contributed by atoms with Crippen molar-refractivity contribution in [3.05, 3.63) is 93.5 Å². The van der Waals surface area contributed by atoms with E-state index in [1.165, 1.54) is 24.4 Å². The van der Waals surface area contributed by atoms with E-state index >= 15 is 0 Å². The number of hydrogen-bond donors (Lipinski definition) is 1. The lowest BCUT2D eigenvalue weighted by atomic mass is 9.94. The van der Waals surface area contributed by atoms with Crippen LogP contribution in [0.25, 0.3) is 0 Å². The van der Waals surface area contributed by atoms with Crippen molar-refractivity contribution in [3.8, 4) is 0 Å². The lowest BCUT2D eigenvalue weighted by molar-refractivity contribution is 0.0837. The molecule has 1 aromatic heterocycles. The Morgan fingerprint density at radius 2 is 1.90 bits per heavy atom. The summed E-state index contributed by atoms with van der Waals surface area (Å²) in [5.41, 5.74) is 1.24. The third kappa shape index (κ3) is 3.61. The van der Waals surface area contributed by atoms with Crippen LogP contribution in [0.4, 0.5) is 10.1 Å². The van der Waals surface area contributed by atoms with Crippen molar-refractivity contribution in [2.24, 2.45) is 5.92 Å². The first-order chi connectivity index (χ1) is 14.0. The number of nitrogens with one attached hydrogen (secondary N) is 1. The summed E-state index contributed by atoms with van der Waals surface area (Å²) in [6.07, 6.45) is 1.56. The Morgan fingerprint density at radius 1 is 1.07 bits per heavy atom. The average molecular weight is 453 g/mol. The molecule has 5 nitrogen and oxygen atoms in total. The molecule has 29 heavy (non-hydrogen) atoms. The number of carbonyl (C=O) groups is 3. The van der Waals surface area contributed by atoms with Crippen molar-refractivity contribution < 1.29 is 18.8 Å². The van der Waals surface area contributed by atoms with Crippen LogP contribution in [0.5, 0.6) is 0 Å². The molecule has 0 radical (unpaired) electrons. The monoisotopic (exact) mass is 452 g/mol. The zero-order valence-corrected chi connectivity index (χ0v) is 16.6. The molecule has 144 valence electrons. The van der Waals surface area contributed by atoms with Crippen LogP contribution in [0.15, 0.2) is 65.3 Å². The number of anilines is 1. The Bertz CT molecular complexity index is 1150. The number of hydrogen-bond acceptors (Lipinski definition) is 4.